The monoisotopic (exact) mass is 389 g/mol. The average Bonchev–Trinajstić information content (AvgIpc) is 2.98. The van der Waals surface area contributed by atoms with Gasteiger partial charge in [-0.05, 0) is 99.5 Å². The normalized spacial score (nSPS) is 19.4. The Morgan fingerprint density at radius 3 is 2.31 bits per heavy atom. The molecule has 1 atom stereocenters. The number of rotatable bonds is 6. The van der Waals surface area contributed by atoms with Crippen LogP contribution in [-0.4, -0.2) is 6.04 Å². The first kappa shape index (κ1) is 21.7. The first-order chi connectivity index (χ1) is 13.7. The number of allylic oxidation sites excluding steroid dienone is 1. The maximum atomic E-state index is 3.76. The van der Waals surface area contributed by atoms with Gasteiger partial charge in [-0.25, -0.2) is 0 Å². The Morgan fingerprint density at radius 2 is 1.72 bits per heavy atom. The predicted molar refractivity (Wildman–Crippen MR) is 128 cm³/mol. The van der Waals surface area contributed by atoms with E-state index in [2.05, 4.69) is 96.2 Å². The Kier molecular flexibility index (Phi) is 6.56. The molecule has 0 saturated heterocycles. The fraction of sp³-hybridized carbons (Fsp3) is 0.500. The molecule has 0 amide bonds. The summed E-state index contributed by atoms with van der Waals surface area (Å²) in [6.07, 6.45) is 5.30. The maximum absolute atomic E-state index is 3.76. The van der Waals surface area contributed by atoms with Crippen molar-refractivity contribution in [2.45, 2.75) is 80.2 Å². The summed E-state index contributed by atoms with van der Waals surface area (Å²) in [4.78, 5) is 0. The van der Waals surface area contributed by atoms with Crippen LogP contribution in [0.25, 0.3) is 11.3 Å². The summed E-state index contributed by atoms with van der Waals surface area (Å²) in [6.45, 7) is 16.0. The van der Waals surface area contributed by atoms with E-state index in [1.165, 1.54) is 64.8 Å². The van der Waals surface area contributed by atoms with Crippen LogP contribution in [0, 0.1) is 25.2 Å². The first-order valence-corrected chi connectivity index (χ1v) is 11.3. The summed E-state index contributed by atoms with van der Waals surface area (Å²) in [5, 5.41) is 3.76. The van der Waals surface area contributed by atoms with E-state index >= 15 is 0 Å². The van der Waals surface area contributed by atoms with Crippen LogP contribution in [-0.2, 0) is 6.42 Å². The zero-order valence-corrected chi connectivity index (χ0v) is 19.5. The van der Waals surface area contributed by atoms with Crippen LogP contribution in [0.1, 0.15) is 81.7 Å². The van der Waals surface area contributed by atoms with E-state index in [-0.39, 0.29) is 0 Å². The number of hydrogen-bond acceptors (Lipinski definition) is 1. The molecular formula is C28H39N. The Bertz CT molecular complexity index is 865. The summed E-state index contributed by atoms with van der Waals surface area (Å²) in [5.41, 5.74) is 9.96. The molecule has 1 N–H and O–H groups in total. The summed E-state index contributed by atoms with van der Waals surface area (Å²) in [7, 11) is 0. The first-order valence-electron chi connectivity index (χ1n) is 11.3. The second-order valence-corrected chi connectivity index (χ2v) is 10.2. The predicted octanol–water partition coefficient (Wildman–Crippen LogP) is 7.56. The maximum Gasteiger partial charge on any atom is 0.0456 e. The lowest BCUT2D eigenvalue weighted by atomic mass is 9.88. The second kappa shape index (κ2) is 8.78. The van der Waals surface area contributed by atoms with Gasteiger partial charge in [0.1, 0.15) is 0 Å². The van der Waals surface area contributed by atoms with E-state index in [0.717, 1.165) is 5.92 Å². The second-order valence-electron chi connectivity index (χ2n) is 10.2. The minimum absolute atomic E-state index is 0.392. The lowest BCUT2D eigenvalue weighted by molar-refractivity contribution is 0.360. The molecule has 3 rings (SSSR count). The molecule has 0 radical (unpaired) electrons. The van der Waals surface area contributed by atoms with E-state index in [1.807, 2.05) is 0 Å². The molecular weight excluding hydrogens is 350 g/mol. The van der Waals surface area contributed by atoms with Gasteiger partial charge in [0.15, 0.2) is 0 Å². The van der Waals surface area contributed by atoms with Gasteiger partial charge in [-0.3, -0.25) is 0 Å². The lowest BCUT2D eigenvalue weighted by Crippen LogP contribution is -2.23. The van der Waals surface area contributed by atoms with Gasteiger partial charge >= 0.3 is 0 Å². The van der Waals surface area contributed by atoms with E-state index in [4.69, 9.17) is 0 Å². The molecule has 0 bridgehead atoms. The molecule has 0 aromatic heterocycles. The molecule has 29 heavy (non-hydrogen) atoms. The van der Waals surface area contributed by atoms with Crippen LogP contribution in [0.5, 0.6) is 0 Å². The Hall–Kier alpha value is -2.02. The average molecular weight is 390 g/mol. The number of nitrogens with one attached hydrogen (secondary N) is 1. The van der Waals surface area contributed by atoms with Crippen molar-refractivity contribution in [1.29, 1.82) is 0 Å². The number of benzene rings is 2. The zero-order valence-electron chi connectivity index (χ0n) is 19.5. The summed E-state index contributed by atoms with van der Waals surface area (Å²) < 4.78 is 0. The van der Waals surface area contributed by atoms with Crippen LogP contribution in [0.4, 0.5) is 0 Å². The van der Waals surface area contributed by atoms with Gasteiger partial charge in [-0.15, -0.1) is 0 Å². The minimum Gasteiger partial charge on any atom is -0.382 e. The van der Waals surface area contributed by atoms with Gasteiger partial charge < -0.3 is 5.32 Å². The van der Waals surface area contributed by atoms with E-state index < -0.39 is 0 Å². The molecule has 0 heterocycles. The van der Waals surface area contributed by atoms with Crippen LogP contribution < -0.4 is 5.32 Å². The van der Waals surface area contributed by atoms with E-state index in [0.29, 0.717) is 11.5 Å². The minimum atomic E-state index is 0.392. The van der Waals surface area contributed by atoms with Crippen molar-refractivity contribution >= 4 is 11.3 Å². The van der Waals surface area contributed by atoms with Crippen LogP contribution in [0.2, 0.25) is 0 Å². The van der Waals surface area contributed by atoms with Gasteiger partial charge in [-0.2, -0.15) is 0 Å². The van der Waals surface area contributed by atoms with Gasteiger partial charge in [-0.1, -0.05) is 56.3 Å². The molecule has 1 saturated carbocycles. The van der Waals surface area contributed by atoms with Crippen LogP contribution in [0.15, 0.2) is 42.5 Å². The molecule has 1 aliphatic rings. The van der Waals surface area contributed by atoms with Gasteiger partial charge in [0.2, 0.25) is 0 Å². The highest BCUT2D eigenvalue weighted by Crippen LogP contribution is 2.42. The van der Waals surface area contributed by atoms with E-state index in [9.17, 15) is 0 Å². The molecule has 0 aliphatic heterocycles. The van der Waals surface area contributed by atoms with Crippen LogP contribution >= 0.6 is 0 Å². The molecule has 1 nitrogen and oxygen atoms in total. The van der Waals surface area contributed by atoms with Crippen molar-refractivity contribution in [3.63, 3.8) is 0 Å². The van der Waals surface area contributed by atoms with Gasteiger partial charge in [0.05, 0.1) is 0 Å². The molecule has 1 fully saturated rings. The van der Waals surface area contributed by atoms with Crippen molar-refractivity contribution in [3.8, 4) is 0 Å². The molecule has 0 spiro atoms. The molecule has 1 heteroatoms. The highest BCUT2D eigenvalue weighted by Gasteiger charge is 2.30. The Balaban J connectivity index is 1.96. The van der Waals surface area contributed by atoms with Crippen molar-refractivity contribution in [3.05, 3.63) is 70.3 Å². The Morgan fingerprint density at radius 1 is 1.07 bits per heavy atom. The fourth-order valence-corrected chi connectivity index (χ4v) is 5.03. The quantitative estimate of drug-likeness (QED) is 0.503. The fourth-order valence-electron chi connectivity index (χ4n) is 5.03. The third-order valence-electron chi connectivity index (χ3n) is 6.49. The van der Waals surface area contributed by atoms with Crippen molar-refractivity contribution in [2.75, 3.05) is 0 Å². The summed E-state index contributed by atoms with van der Waals surface area (Å²) >= 11 is 0. The SMILES string of the molecule is C/C(=C(\NC(C)C)c1c(C)cccc1C)c1cccc(CC2CCC(C)(C)C2)c1. The molecule has 2 aromatic carbocycles. The topological polar surface area (TPSA) is 12.0 Å². The number of aryl methyl sites for hydroxylation is 2. The number of hydrogen-bond donors (Lipinski definition) is 1. The van der Waals surface area contributed by atoms with Crippen LogP contribution in [0.3, 0.4) is 0 Å². The van der Waals surface area contributed by atoms with Crippen molar-refractivity contribution in [1.82, 2.24) is 5.32 Å². The highest BCUT2D eigenvalue weighted by molar-refractivity contribution is 5.90. The smallest absolute Gasteiger partial charge is 0.0456 e. The molecule has 2 aromatic rings. The third-order valence-corrected chi connectivity index (χ3v) is 6.49. The van der Waals surface area contributed by atoms with Gasteiger partial charge in [0.25, 0.3) is 0 Å². The van der Waals surface area contributed by atoms with Crippen molar-refractivity contribution in [2.24, 2.45) is 11.3 Å². The van der Waals surface area contributed by atoms with Crippen molar-refractivity contribution < 1.29 is 0 Å². The lowest BCUT2D eigenvalue weighted by Gasteiger charge is -2.22. The summed E-state index contributed by atoms with van der Waals surface area (Å²) in [5.74, 6) is 0.830. The van der Waals surface area contributed by atoms with E-state index in [1.54, 1.807) is 0 Å². The third kappa shape index (κ3) is 5.32. The summed E-state index contributed by atoms with van der Waals surface area (Å²) in [6, 6.07) is 16.2. The zero-order chi connectivity index (χ0) is 21.2. The van der Waals surface area contributed by atoms with Gasteiger partial charge in [0, 0.05) is 17.3 Å². The Labute approximate surface area is 178 Å². The molecule has 1 aliphatic carbocycles. The molecule has 1 unspecified atom stereocenters. The molecule has 156 valence electrons. The standard InChI is InChI=1S/C28H39N/c1-19(2)29-27(26-20(3)10-8-11-21(26)4)22(5)25-13-9-12-23(17-25)16-24-14-15-28(6,7)18-24/h8-13,17,19,24,29H,14-16,18H2,1-7H3/b27-22+. The largest absolute Gasteiger partial charge is 0.382 e. The highest BCUT2D eigenvalue weighted by atomic mass is 14.9.